The van der Waals surface area contributed by atoms with Gasteiger partial charge in [0, 0.05) is 12.6 Å². The molecule has 0 aliphatic carbocycles. The van der Waals surface area contributed by atoms with Crippen molar-refractivity contribution < 1.29 is 0 Å². The number of aliphatic imine (C=N–C) groups is 1. The second kappa shape index (κ2) is 4.83. The van der Waals surface area contributed by atoms with E-state index in [0.717, 1.165) is 5.84 Å². The maximum absolute atomic E-state index is 4.43. The summed E-state index contributed by atoms with van der Waals surface area (Å²) in [7, 11) is 2.68. The molecule has 0 aliphatic heterocycles. The van der Waals surface area contributed by atoms with Crippen LogP contribution in [0.4, 0.5) is 0 Å². The van der Waals surface area contributed by atoms with Gasteiger partial charge >= 0.3 is 0 Å². The van der Waals surface area contributed by atoms with Crippen LogP contribution in [0.2, 0.25) is 19.6 Å². The molecular weight excluding hydrogens is 212 g/mol. The minimum Gasteiger partial charge on any atom is -0.386 e. The van der Waals surface area contributed by atoms with Crippen LogP contribution in [0.25, 0.3) is 0 Å². The third-order valence-corrected chi connectivity index (χ3v) is 5.07. The fourth-order valence-corrected chi connectivity index (χ4v) is 2.36. The Kier molecular flexibility index (Phi) is 3.91. The zero-order valence-corrected chi connectivity index (χ0v) is 12.2. The normalized spacial score (nSPS) is 12.8. The van der Waals surface area contributed by atoms with Crippen molar-refractivity contribution in [3.63, 3.8) is 0 Å². The van der Waals surface area contributed by atoms with Crippen LogP contribution in [0.1, 0.15) is 11.1 Å². The third kappa shape index (κ3) is 2.95. The number of hydrogen-bond donors (Lipinski definition) is 0. The predicted molar refractivity (Wildman–Crippen MR) is 74.7 cm³/mol. The van der Waals surface area contributed by atoms with Gasteiger partial charge < -0.3 is 4.57 Å². The van der Waals surface area contributed by atoms with E-state index < -0.39 is 8.24 Å². The molecule has 0 heterocycles. The quantitative estimate of drug-likeness (QED) is 0.436. The van der Waals surface area contributed by atoms with E-state index in [1.807, 2.05) is 7.05 Å². The summed E-state index contributed by atoms with van der Waals surface area (Å²) in [5.41, 5.74) is 2.49. The van der Waals surface area contributed by atoms with Gasteiger partial charge in [0.25, 0.3) is 0 Å². The van der Waals surface area contributed by atoms with Gasteiger partial charge in [-0.1, -0.05) is 49.5 Å². The van der Waals surface area contributed by atoms with Gasteiger partial charge in [-0.15, -0.1) is 0 Å². The average molecular weight is 234 g/mol. The van der Waals surface area contributed by atoms with E-state index in [4.69, 9.17) is 0 Å². The summed E-state index contributed by atoms with van der Waals surface area (Å²) >= 11 is 0. The highest BCUT2D eigenvalue weighted by molar-refractivity contribution is 6.75. The standard InChI is InChI=1S/C13H22N2Si/c1-11-7-9-12(10-8-11)13(14-2)15(3)16(4,5)6/h7-10H,1-6H3/b14-13+. The fourth-order valence-electron chi connectivity index (χ4n) is 1.49. The van der Waals surface area contributed by atoms with Crippen molar-refractivity contribution in [2.75, 3.05) is 14.1 Å². The van der Waals surface area contributed by atoms with Gasteiger partial charge in [-0.05, 0) is 14.0 Å². The molecule has 0 saturated carbocycles. The molecule has 2 nitrogen and oxygen atoms in total. The lowest BCUT2D eigenvalue weighted by atomic mass is 10.1. The average Bonchev–Trinajstić information content (AvgIpc) is 2.20. The van der Waals surface area contributed by atoms with Gasteiger partial charge in [0.05, 0.1) is 0 Å². The molecule has 0 bridgehead atoms. The van der Waals surface area contributed by atoms with Gasteiger partial charge in [-0.25, -0.2) is 0 Å². The summed E-state index contributed by atoms with van der Waals surface area (Å²) in [6.07, 6.45) is 0. The predicted octanol–water partition coefficient (Wildman–Crippen LogP) is 3.14. The molecule has 0 atom stereocenters. The number of nitrogens with zero attached hydrogens (tertiary/aromatic N) is 2. The molecular formula is C13H22N2Si. The Morgan fingerprint density at radius 1 is 1.12 bits per heavy atom. The first-order chi connectivity index (χ1) is 7.36. The lowest BCUT2D eigenvalue weighted by molar-refractivity contribution is 0.754. The minimum atomic E-state index is -1.34. The highest BCUT2D eigenvalue weighted by Gasteiger charge is 2.23. The van der Waals surface area contributed by atoms with Crippen molar-refractivity contribution >= 4 is 14.1 Å². The maximum Gasteiger partial charge on any atom is 0.149 e. The number of amidine groups is 1. The van der Waals surface area contributed by atoms with Crippen molar-refractivity contribution in [3.05, 3.63) is 35.4 Å². The summed E-state index contributed by atoms with van der Waals surface area (Å²) in [4.78, 5) is 4.43. The van der Waals surface area contributed by atoms with E-state index in [9.17, 15) is 0 Å². The summed E-state index contributed by atoms with van der Waals surface area (Å²) < 4.78 is 2.34. The van der Waals surface area contributed by atoms with Crippen LogP contribution >= 0.6 is 0 Å². The number of hydrogen-bond acceptors (Lipinski definition) is 1. The largest absolute Gasteiger partial charge is 0.386 e. The van der Waals surface area contributed by atoms with Gasteiger partial charge in [-0.2, -0.15) is 0 Å². The van der Waals surface area contributed by atoms with Crippen molar-refractivity contribution in [2.24, 2.45) is 4.99 Å². The van der Waals surface area contributed by atoms with Crippen LogP contribution in [0.5, 0.6) is 0 Å². The Hall–Kier alpha value is -1.09. The molecule has 0 fully saturated rings. The Balaban J connectivity index is 3.05. The highest BCUT2D eigenvalue weighted by atomic mass is 28.3. The van der Waals surface area contributed by atoms with Crippen LogP contribution in [0, 0.1) is 6.92 Å². The molecule has 0 unspecified atom stereocenters. The molecule has 3 heteroatoms. The van der Waals surface area contributed by atoms with Crippen LogP contribution in [0.3, 0.4) is 0 Å². The van der Waals surface area contributed by atoms with Gasteiger partial charge in [0.2, 0.25) is 0 Å². The SMILES string of the molecule is C/N=C(\c1ccc(C)cc1)N(C)[Si](C)(C)C. The van der Waals surface area contributed by atoms with Gasteiger partial charge in [-0.3, -0.25) is 4.99 Å². The smallest absolute Gasteiger partial charge is 0.149 e. The summed E-state index contributed by atoms with van der Waals surface area (Å²) in [6.45, 7) is 9.08. The molecule has 16 heavy (non-hydrogen) atoms. The number of aryl methyl sites for hydroxylation is 1. The first kappa shape index (κ1) is 13.0. The second-order valence-electron chi connectivity index (χ2n) is 5.14. The van der Waals surface area contributed by atoms with Gasteiger partial charge in [0.15, 0.2) is 0 Å². The Morgan fingerprint density at radius 2 is 1.62 bits per heavy atom. The molecule has 0 radical (unpaired) electrons. The van der Waals surface area contributed by atoms with Crippen LogP contribution in [0.15, 0.2) is 29.3 Å². The van der Waals surface area contributed by atoms with Crippen molar-refractivity contribution in [3.8, 4) is 0 Å². The summed E-state index contributed by atoms with van der Waals surface area (Å²) in [6, 6.07) is 8.57. The summed E-state index contributed by atoms with van der Waals surface area (Å²) in [5.74, 6) is 1.10. The monoisotopic (exact) mass is 234 g/mol. The maximum atomic E-state index is 4.43. The Labute approximate surface area is 100 Å². The lowest BCUT2D eigenvalue weighted by Gasteiger charge is -2.33. The zero-order chi connectivity index (χ0) is 12.3. The fraction of sp³-hybridized carbons (Fsp3) is 0.462. The van der Waals surface area contributed by atoms with Crippen molar-refractivity contribution in [1.29, 1.82) is 0 Å². The van der Waals surface area contributed by atoms with Crippen LogP contribution in [-0.4, -0.2) is 32.7 Å². The Morgan fingerprint density at radius 3 is 2.00 bits per heavy atom. The molecule has 0 amide bonds. The molecule has 0 N–H and O–H groups in total. The molecule has 88 valence electrons. The lowest BCUT2D eigenvalue weighted by Crippen LogP contribution is -2.47. The summed E-state index contributed by atoms with van der Waals surface area (Å²) in [5, 5.41) is 0. The number of benzene rings is 1. The van der Waals surface area contributed by atoms with Crippen LogP contribution in [-0.2, 0) is 0 Å². The van der Waals surface area contributed by atoms with E-state index in [1.165, 1.54) is 11.1 Å². The van der Waals surface area contributed by atoms with E-state index in [1.54, 1.807) is 0 Å². The van der Waals surface area contributed by atoms with Crippen molar-refractivity contribution in [2.45, 2.75) is 26.6 Å². The molecule has 0 spiro atoms. The third-order valence-electron chi connectivity index (χ3n) is 2.85. The number of rotatable bonds is 2. The molecule has 0 aliphatic rings. The van der Waals surface area contributed by atoms with Crippen molar-refractivity contribution in [1.82, 2.24) is 4.57 Å². The van der Waals surface area contributed by atoms with E-state index in [-0.39, 0.29) is 0 Å². The Bertz CT molecular complexity index is 374. The van der Waals surface area contributed by atoms with E-state index >= 15 is 0 Å². The topological polar surface area (TPSA) is 15.6 Å². The van der Waals surface area contributed by atoms with Gasteiger partial charge in [0.1, 0.15) is 14.1 Å². The van der Waals surface area contributed by atoms with E-state index in [0.29, 0.717) is 0 Å². The molecule has 1 aromatic rings. The second-order valence-corrected chi connectivity index (χ2v) is 10.2. The van der Waals surface area contributed by atoms with Crippen LogP contribution < -0.4 is 0 Å². The molecule has 0 saturated heterocycles. The highest BCUT2D eigenvalue weighted by Crippen LogP contribution is 2.13. The molecule has 1 aromatic carbocycles. The minimum absolute atomic E-state index is 1.10. The first-order valence-corrected chi connectivity index (χ1v) is 9.08. The molecule has 1 rings (SSSR count). The molecule has 0 aromatic heterocycles. The van der Waals surface area contributed by atoms with E-state index in [2.05, 4.69) is 67.4 Å². The zero-order valence-electron chi connectivity index (χ0n) is 11.2. The first-order valence-electron chi connectivity index (χ1n) is 5.64.